The maximum absolute atomic E-state index is 12.0. The average Bonchev–Trinajstić information content (AvgIpc) is 2.53. The molecule has 0 aliphatic carbocycles. The van der Waals surface area contributed by atoms with E-state index < -0.39 is 4.92 Å². The molecule has 0 saturated heterocycles. The Kier molecular flexibility index (Phi) is 8.54. The minimum Gasteiger partial charge on any atom is -0.381 e. The van der Waals surface area contributed by atoms with Crippen LogP contribution in [-0.4, -0.2) is 36.8 Å². The molecule has 1 amide bonds. The van der Waals surface area contributed by atoms with Gasteiger partial charge in [-0.3, -0.25) is 14.9 Å². The van der Waals surface area contributed by atoms with Crippen molar-refractivity contribution in [3.8, 4) is 0 Å². The van der Waals surface area contributed by atoms with Gasteiger partial charge in [0.1, 0.15) is 0 Å². The van der Waals surface area contributed by atoms with Gasteiger partial charge in [-0.15, -0.1) is 11.8 Å². The van der Waals surface area contributed by atoms with Crippen molar-refractivity contribution in [1.82, 2.24) is 5.32 Å². The summed E-state index contributed by atoms with van der Waals surface area (Å²) in [5.74, 6) is -0.302. The van der Waals surface area contributed by atoms with Gasteiger partial charge in [0.25, 0.3) is 11.6 Å². The molecule has 0 aromatic heterocycles. The molecule has 0 heterocycles. The maximum Gasteiger partial charge on any atom is 0.283 e. The van der Waals surface area contributed by atoms with Crippen LogP contribution in [0.2, 0.25) is 0 Å². The van der Waals surface area contributed by atoms with E-state index in [2.05, 4.69) is 12.2 Å². The van der Waals surface area contributed by atoms with Crippen LogP contribution in [0.15, 0.2) is 23.1 Å². The molecular formula is C15H22N2O4S. The highest BCUT2D eigenvalue weighted by atomic mass is 32.2. The molecule has 1 rings (SSSR count). The van der Waals surface area contributed by atoms with E-state index in [9.17, 15) is 14.9 Å². The lowest BCUT2D eigenvalue weighted by atomic mass is 10.2. The summed E-state index contributed by atoms with van der Waals surface area (Å²) in [4.78, 5) is 23.0. The third kappa shape index (κ3) is 6.03. The number of nitro groups is 1. The van der Waals surface area contributed by atoms with Crippen molar-refractivity contribution in [2.24, 2.45) is 0 Å². The van der Waals surface area contributed by atoms with Crippen molar-refractivity contribution < 1.29 is 14.5 Å². The summed E-state index contributed by atoms with van der Waals surface area (Å²) in [7, 11) is 0. The third-order valence-electron chi connectivity index (χ3n) is 3.03. The first kappa shape index (κ1) is 18.4. The molecule has 0 aliphatic heterocycles. The van der Waals surface area contributed by atoms with Crippen LogP contribution in [0.25, 0.3) is 0 Å². The van der Waals surface area contributed by atoms with Gasteiger partial charge in [0, 0.05) is 31.4 Å². The number of nitro benzene ring substituents is 1. The molecule has 0 bridgehead atoms. The largest absolute Gasteiger partial charge is 0.381 e. The van der Waals surface area contributed by atoms with Gasteiger partial charge in [0.15, 0.2) is 0 Å². The number of rotatable bonds is 10. The quantitative estimate of drug-likeness (QED) is 0.309. The van der Waals surface area contributed by atoms with Gasteiger partial charge in [-0.05, 0) is 31.2 Å². The van der Waals surface area contributed by atoms with E-state index in [0.29, 0.717) is 23.6 Å². The van der Waals surface area contributed by atoms with Crippen molar-refractivity contribution in [1.29, 1.82) is 0 Å². The van der Waals surface area contributed by atoms with Gasteiger partial charge in [0.05, 0.1) is 9.82 Å². The predicted octanol–water partition coefficient (Wildman–Crippen LogP) is 3.25. The number of carbonyl (C=O) groups is 1. The Morgan fingerprint density at radius 1 is 1.36 bits per heavy atom. The SMILES string of the molecule is CCCCOCCCNC(=O)c1ccc(SC)c([N+](=O)[O-])c1. The Labute approximate surface area is 134 Å². The van der Waals surface area contributed by atoms with E-state index in [1.165, 1.54) is 17.8 Å². The summed E-state index contributed by atoms with van der Waals surface area (Å²) in [5, 5.41) is 13.7. The highest BCUT2D eigenvalue weighted by Crippen LogP contribution is 2.28. The molecule has 6 nitrogen and oxygen atoms in total. The zero-order valence-corrected chi connectivity index (χ0v) is 13.8. The Morgan fingerprint density at radius 2 is 2.09 bits per heavy atom. The number of hydrogen-bond acceptors (Lipinski definition) is 5. The van der Waals surface area contributed by atoms with E-state index in [0.717, 1.165) is 25.9 Å². The highest BCUT2D eigenvalue weighted by Gasteiger charge is 2.16. The van der Waals surface area contributed by atoms with Crippen molar-refractivity contribution in [3.05, 3.63) is 33.9 Å². The average molecular weight is 326 g/mol. The van der Waals surface area contributed by atoms with Crippen LogP contribution in [-0.2, 0) is 4.74 Å². The molecule has 0 fully saturated rings. The van der Waals surface area contributed by atoms with Crippen molar-refractivity contribution in [3.63, 3.8) is 0 Å². The number of nitrogens with one attached hydrogen (secondary N) is 1. The van der Waals surface area contributed by atoms with Crippen LogP contribution in [0.4, 0.5) is 5.69 Å². The monoisotopic (exact) mass is 326 g/mol. The van der Waals surface area contributed by atoms with Crippen LogP contribution in [0.5, 0.6) is 0 Å². The minimum absolute atomic E-state index is 0.0388. The molecular weight excluding hydrogens is 304 g/mol. The van der Waals surface area contributed by atoms with Gasteiger partial charge in [-0.1, -0.05) is 13.3 Å². The summed E-state index contributed by atoms with van der Waals surface area (Å²) in [6, 6.07) is 4.52. The number of nitrogens with zero attached hydrogens (tertiary/aromatic N) is 1. The smallest absolute Gasteiger partial charge is 0.283 e. The number of ether oxygens (including phenoxy) is 1. The van der Waals surface area contributed by atoms with E-state index in [-0.39, 0.29) is 11.6 Å². The first-order valence-corrected chi connectivity index (χ1v) is 8.51. The lowest BCUT2D eigenvalue weighted by Crippen LogP contribution is -2.25. The minimum atomic E-state index is -0.468. The summed E-state index contributed by atoms with van der Waals surface area (Å²) >= 11 is 1.29. The Balaban J connectivity index is 2.45. The molecule has 22 heavy (non-hydrogen) atoms. The standard InChI is InChI=1S/C15H22N2O4S/c1-3-4-9-21-10-5-8-16-15(18)12-6-7-14(22-2)13(11-12)17(19)20/h6-7,11H,3-5,8-10H2,1-2H3,(H,16,18). The molecule has 0 unspecified atom stereocenters. The normalized spacial score (nSPS) is 10.5. The lowest BCUT2D eigenvalue weighted by Gasteiger charge is -2.07. The lowest BCUT2D eigenvalue weighted by molar-refractivity contribution is -0.387. The fourth-order valence-corrected chi connectivity index (χ4v) is 2.35. The van der Waals surface area contributed by atoms with Crippen LogP contribution < -0.4 is 5.32 Å². The molecule has 1 aromatic carbocycles. The third-order valence-corrected chi connectivity index (χ3v) is 3.82. The van der Waals surface area contributed by atoms with Crippen LogP contribution in [0, 0.1) is 10.1 Å². The van der Waals surface area contributed by atoms with E-state index >= 15 is 0 Å². The zero-order chi connectivity index (χ0) is 16.4. The van der Waals surface area contributed by atoms with Crippen molar-refractivity contribution in [2.75, 3.05) is 26.0 Å². The van der Waals surface area contributed by atoms with Crippen LogP contribution >= 0.6 is 11.8 Å². The van der Waals surface area contributed by atoms with E-state index in [4.69, 9.17) is 4.74 Å². The molecule has 1 N–H and O–H groups in total. The molecule has 7 heteroatoms. The maximum atomic E-state index is 12.0. The molecule has 0 atom stereocenters. The first-order chi connectivity index (χ1) is 10.6. The second-order valence-corrected chi connectivity index (χ2v) is 5.57. The first-order valence-electron chi connectivity index (χ1n) is 7.28. The highest BCUT2D eigenvalue weighted by molar-refractivity contribution is 7.98. The fraction of sp³-hybridized carbons (Fsp3) is 0.533. The van der Waals surface area contributed by atoms with Crippen molar-refractivity contribution in [2.45, 2.75) is 31.1 Å². The van der Waals surface area contributed by atoms with E-state index in [1.54, 1.807) is 18.4 Å². The van der Waals surface area contributed by atoms with Crippen LogP contribution in [0.3, 0.4) is 0 Å². The Hall–Kier alpha value is -1.60. The number of amides is 1. The van der Waals surface area contributed by atoms with Gasteiger partial charge in [-0.25, -0.2) is 0 Å². The van der Waals surface area contributed by atoms with Gasteiger partial charge >= 0.3 is 0 Å². The van der Waals surface area contributed by atoms with Crippen molar-refractivity contribution >= 4 is 23.4 Å². The summed E-state index contributed by atoms with van der Waals surface area (Å²) in [6.07, 6.45) is 4.63. The van der Waals surface area contributed by atoms with E-state index in [1.807, 2.05) is 0 Å². The Morgan fingerprint density at radius 3 is 2.73 bits per heavy atom. The predicted molar refractivity (Wildman–Crippen MR) is 87.6 cm³/mol. The molecule has 0 saturated carbocycles. The van der Waals surface area contributed by atoms with Gasteiger partial charge in [-0.2, -0.15) is 0 Å². The second kappa shape index (κ2) is 10.2. The number of unbranched alkanes of at least 4 members (excludes halogenated alkanes) is 1. The van der Waals surface area contributed by atoms with Crippen LogP contribution in [0.1, 0.15) is 36.5 Å². The number of hydrogen-bond donors (Lipinski definition) is 1. The fourth-order valence-electron chi connectivity index (χ4n) is 1.80. The zero-order valence-electron chi connectivity index (χ0n) is 13.0. The Bertz CT molecular complexity index is 508. The second-order valence-electron chi connectivity index (χ2n) is 4.72. The number of benzene rings is 1. The molecule has 0 radical (unpaired) electrons. The summed E-state index contributed by atoms with van der Waals surface area (Å²) < 4.78 is 5.40. The summed E-state index contributed by atoms with van der Waals surface area (Å²) in [5.41, 5.74) is 0.263. The summed E-state index contributed by atoms with van der Waals surface area (Å²) in [6.45, 7) is 3.94. The molecule has 1 aromatic rings. The van der Waals surface area contributed by atoms with Gasteiger partial charge in [0.2, 0.25) is 0 Å². The van der Waals surface area contributed by atoms with Gasteiger partial charge < -0.3 is 10.1 Å². The number of thioether (sulfide) groups is 1. The molecule has 0 spiro atoms. The number of carbonyl (C=O) groups excluding carboxylic acids is 1. The molecule has 122 valence electrons. The topological polar surface area (TPSA) is 81.5 Å². The molecule has 0 aliphatic rings.